The maximum atomic E-state index is 11.9. The number of nitriles is 1. The standard InChI is InChI=1S/C16H12N2O3/c17-9-13-3-1-2-4-14(13)10-21-16(20)12-7-5-11(6-8-12)15(18)19/h1-8H,10H2,(H2,18,19). The van der Waals surface area contributed by atoms with Crippen molar-refractivity contribution in [1.29, 1.82) is 5.26 Å². The molecule has 2 N–H and O–H groups in total. The van der Waals surface area contributed by atoms with Crippen LogP contribution in [-0.4, -0.2) is 11.9 Å². The van der Waals surface area contributed by atoms with Gasteiger partial charge in [-0.15, -0.1) is 0 Å². The van der Waals surface area contributed by atoms with E-state index in [4.69, 9.17) is 15.7 Å². The summed E-state index contributed by atoms with van der Waals surface area (Å²) in [6.45, 7) is 0.0140. The van der Waals surface area contributed by atoms with Crippen molar-refractivity contribution in [1.82, 2.24) is 0 Å². The fourth-order valence-electron chi connectivity index (χ4n) is 1.75. The van der Waals surface area contributed by atoms with E-state index in [9.17, 15) is 9.59 Å². The van der Waals surface area contributed by atoms with Gasteiger partial charge in [0.15, 0.2) is 0 Å². The Hall–Kier alpha value is -3.13. The molecule has 5 heteroatoms. The lowest BCUT2D eigenvalue weighted by molar-refractivity contribution is 0.0472. The summed E-state index contributed by atoms with van der Waals surface area (Å²) >= 11 is 0. The highest BCUT2D eigenvalue weighted by Gasteiger charge is 2.10. The fraction of sp³-hybridized carbons (Fsp3) is 0.0625. The van der Waals surface area contributed by atoms with E-state index in [-0.39, 0.29) is 6.61 Å². The van der Waals surface area contributed by atoms with Crippen LogP contribution >= 0.6 is 0 Å². The van der Waals surface area contributed by atoms with E-state index in [1.807, 2.05) is 6.07 Å². The number of nitrogens with zero attached hydrogens (tertiary/aromatic N) is 1. The Bertz CT molecular complexity index is 715. The number of rotatable bonds is 4. The second-order valence-corrected chi connectivity index (χ2v) is 4.29. The highest BCUT2D eigenvalue weighted by molar-refractivity contribution is 5.95. The minimum absolute atomic E-state index is 0.0140. The van der Waals surface area contributed by atoms with Crippen LogP contribution in [0.25, 0.3) is 0 Å². The highest BCUT2D eigenvalue weighted by atomic mass is 16.5. The summed E-state index contributed by atoms with van der Waals surface area (Å²) in [5.74, 6) is -1.09. The molecule has 0 unspecified atom stereocenters. The van der Waals surface area contributed by atoms with Gasteiger partial charge in [-0.2, -0.15) is 5.26 Å². The van der Waals surface area contributed by atoms with Gasteiger partial charge >= 0.3 is 5.97 Å². The number of esters is 1. The molecule has 0 aliphatic carbocycles. The Morgan fingerprint density at radius 3 is 2.29 bits per heavy atom. The quantitative estimate of drug-likeness (QED) is 0.867. The smallest absolute Gasteiger partial charge is 0.338 e. The van der Waals surface area contributed by atoms with Crippen molar-refractivity contribution in [2.24, 2.45) is 5.73 Å². The van der Waals surface area contributed by atoms with Crippen LogP contribution in [0.3, 0.4) is 0 Å². The third kappa shape index (κ3) is 3.45. The second-order valence-electron chi connectivity index (χ2n) is 4.29. The molecule has 2 rings (SSSR count). The average molecular weight is 280 g/mol. The summed E-state index contributed by atoms with van der Waals surface area (Å²) in [4.78, 5) is 22.8. The molecule has 0 fully saturated rings. The van der Waals surface area contributed by atoms with Gasteiger partial charge in [-0.1, -0.05) is 18.2 Å². The number of carbonyl (C=O) groups is 2. The van der Waals surface area contributed by atoms with Gasteiger partial charge in [0.2, 0.25) is 5.91 Å². The molecule has 0 bridgehead atoms. The summed E-state index contributed by atoms with van der Waals surface area (Å²) in [6, 6.07) is 14.8. The van der Waals surface area contributed by atoms with Gasteiger partial charge in [-0.3, -0.25) is 4.79 Å². The molecule has 104 valence electrons. The van der Waals surface area contributed by atoms with Crippen molar-refractivity contribution in [3.05, 3.63) is 70.8 Å². The van der Waals surface area contributed by atoms with Gasteiger partial charge in [0.05, 0.1) is 17.2 Å². The van der Waals surface area contributed by atoms with Crippen LogP contribution in [0.15, 0.2) is 48.5 Å². The molecular formula is C16H12N2O3. The van der Waals surface area contributed by atoms with E-state index < -0.39 is 11.9 Å². The average Bonchev–Trinajstić information content (AvgIpc) is 2.52. The number of hydrogen-bond donors (Lipinski definition) is 1. The number of carbonyl (C=O) groups excluding carboxylic acids is 2. The van der Waals surface area contributed by atoms with Crippen LogP contribution in [0.2, 0.25) is 0 Å². The lowest BCUT2D eigenvalue weighted by Gasteiger charge is -2.06. The maximum Gasteiger partial charge on any atom is 0.338 e. The van der Waals surface area contributed by atoms with E-state index in [1.165, 1.54) is 24.3 Å². The van der Waals surface area contributed by atoms with E-state index >= 15 is 0 Å². The minimum atomic E-state index is -0.558. The van der Waals surface area contributed by atoms with Crippen LogP contribution in [0.1, 0.15) is 31.8 Å². The molecule has 21 heavy (non-hydrogen) atoms. The van der Waals surface area contributed by atoms with E-state index in [0.29, 0.717) is 22.3 Å². The topological polar surface area (TPSA) is 93.2 Å². The van der Waals surface area contributed by atoms with Crippen LogP contribution in [0, 0.1) is 11.3 Å². The zero-order valence-corrected chi connectivity index (χ0v) is 11.1. The molecule has 0 aliphatic rings. The molecule has 5 nitrogen and oxygen atoms in total. The molecular weight excluding hydrogens is 268 g/mol. The summed E-state index contributed by atoms with van der Waals surface area (Å²) in [5, 5.41) is 8.95. The van der Waals surface area contributed by atoms with E-state index in [1.54, 1.807) is 24.3 Å². The molecule has 2 aromatic carbocycles. The summed E-state index contributed by atoms with van der Waals surface area (Å²) in [5.41, 5.74) is 6.86. The van der Waals surface area contributed by atoms with Crippen molar-refractivity contribution >= 4 is 11.9 Å². The fourth-order valence-corrected chi connectivity index (χ4v) is 1.75. The van der Waals surface area contributed by atoms with Crippen molar-refractivity contribution in [2.75, 3.05) is 0 Å². The minimum Gasteiger partial charge on any atom is -0.457 e. The SMILES string of the molecule is N#Cc1ccccc1COC(=O)c1ccc(C(N)=O)cc1. The molecule has 2 aromatic rings. The third-order valence-electron chi connectivity index (χ3n) is 2.90. The molecule has 0 aliphatic heterocycles. The zero-order valence-electron chi connectivity index (χ0n) is 11.1. The molecule has 1 amide bonds. The van der Waals surface area contributed by atoms with Crippen molar-refractivity contribution < 1.29 is 14.3 Å². The first kappa shape index (κ1) is 14.3. The van der Waals surface area contributed by atoms with E-state index in [2.05, 4.69) is 0 Å². The highest BCUT2D eigenvalue weighted by Crippen LogP contribution is 2.11. The summed E-state index contributed by atoms with van der Waals surface area (Å²) in [7, 11) is 0. The monoisotopic (exact) mass is 280 g/mol. The molecule has 0 atom stereocenters. The van der Waals surface area contributed by atoms with Crippen LogP contribution in [0.5, 0.6) is 0 Å². The van der Waals surface area contributed by atoms with Gasteiger partial charge in [-0.25, -0.2) is 4.79 Å². The Morgan fingerprint density at radius 1 is 1.05 bits per heavy atom. The molecule has 0 saturated heterocycles. The van der Waals surface area contributed by atoms with Gasteiger partial charge in [0.1, 0.15) is 6.61 Å². The number of hydrogen-bond acceptors (Lipinski definition) is 4. The first-order valence-corrected chi connectivity index (χ1v) is 6.17. The number of nitrogens with two attached hydrogens (primary N) is 1. The largest absolute Gasteiger partial charge is 0.457 e. The number of amides is 1. The lowest BCUT2D eigenvalue weighted by Crippen LogP contribution is -2.11. The Kier molecular flexibility index (Phi) is 4.32. The zero-order chi connectivity index (χ0) is 15.2. The molecule has 0 saturated carbocycles. The van der Waals surface area contributed by atoms with Crippen LogP contribution < -0.4 is 5.73 Å². The predicted molar refractivity (Wildman–Crippen MR) is 75.2 cm³/mol. The van der Waals surface area contributed by atoms with Gasteiger partial charge in [-0.05, 0) is 30.3 Å². The Balaban J connectivity index is 2.05. The van der Waals surface area contributed by atoms with Crippen LogP contribution in [-0.2, 0) is 11.3 Å². The first-order chi connectivity index (χ1) is 10.1. The number of benzene rings is 2. The lowest BCUT2D eigenvalue weighted by atomic mass is 10.1. The van der Waals surface area contributed by atoms with Crippen molar-refractivity contribution in [3.63, 3.8) is 0 Å². The predicted octanol–water partition coefficient (Wildman–Crippen LogP) is 2.01. The summed E-state index contributed by atoms with van der Waals surface area (Å²) < 4.78 is 5.15. The number of primary amides is 1. The van der Waals surface area contributed by atoms with Gasteiger partial charge in [0.25, 0.3) is 0 Å². The summed E-state index contributed by atoms with van der Waals surface area (Å²) in [6.07, 6.45) is 0. The second kappa shape index (κ2) is 6.35. The van der Waals surface area contributed by atoms with Crippen molar-refractivity contribution in [3.8, 4) is 6.07 Å². The van der Waals surface area contributed by atoms with Gasteiger partial charge in [0, 0.05) is 11.1 Å². The van der Waals surface area contributed by atoms with E-state index in [0.717, 1.165) is 0 Å². The third-order valence-corrected chi connectivity index (χ3v) is 2.90. The van der Waals surface area contributed by atoms with Crippen molar-refractivity contribution in [2.45, 2.75) is 6.61 Å². The molecule has 0 heterocycles. The Morgan fingerprint density at radius 2 is 1.67 bits per heavy atom. The molecule has 0 aromatic heterocycles. The normalized spacial score (nSPS) is 9.67. The number of ether oxygens (including phenoxy) is 1. The maximum absolute atomic E-state index is 11.9. The molecule has 0 spiro atoms. The van der Waals surface area contributed by atoms with Gasteiger partial charge < -0.3 is 10.5 Å². The first-order valence-electron chi connectivity index (χ1n) is 6.17. The van der Waals surface area contributed by atoms with Crippen LogP contribution in [0.4, 0.5) is 0 Å². The Labute approximate surface area is 121 Å². The molecule has 0 radical (unpaired) electrons.